The summed E-state index contributed by atoms with van der Waals surface area (Å²) >= 11 is 5.81. The van der Waals surface area contributed by atoms with Crippen molar-refractivity contribution in [2.24, 2.45) is 22.1 Å². The number of fused-ring (bicyclic) bond motifs is 2. The van der Waals surface area contributed by atoms with Gasteiger partial charge < -0.3 is 4.74 Å². The van der Waals surface area contributed by atoms with E-state index in [0.717, 1.165) is 12.8 Å². The summed E-state index contributed by atoms with van der Waals surface area (Å²) in [7, 11) is 0. The zero-order valence-corrected chi connectivity index (χ0v) is 7.37. The summed E-state index contributed by atoms with van der Waals surface area (Å²) in [5.74, 6) is 0.890. The third-order valence-corrected chi connectivity index (χ3v) is 3.28. The second-order valence-electron chi connectivity index (χ2n) is 3.78. The van der Waals surface area contributed by atoms with Crippen LogP contribution in [-0.4, -0.2) is 11.4 Å². The smallest absolute Gasteiger partial charge is 0.316 e. The lowest BCUT2D eigenvalue weighted by molar-refractivity contribution is -0.0191. The summed E-state index contributed by atoms with van der Waals surface area (Å²) < 4.78 is 13.4. The van der Waals surface area contributed by atoms with E-state index in [0.29, 0.717) is 11.8 Å². The molecule has 2 bridgehead atoms. The molecule has 0 aromatic rings. The van der Waals surface area contributed by atoms with Crippen molar-refractivity contribution in [3.63, 3.8) is 0 Å². The molecular weight excluding hydrogens is 176 g/mol. The van der Waals surface area contributed by atoms with Gasteiger partial charge in [-0.2, -0.15) is 0 Å². The number of ether oxygens (including phenoxy) is 1. The Hall–Kier alpha value is -0.150. The highest BCUT2D eigenvalue weighted by atomic mass is 35.5. The van der Waals surface area contributed by atoms with Crippen LogP contribution in [-0.2, 0) is 4.74 Å². The number of alkyl halides is 1. The van der Waals surface area contributed by atoms with E-state index in [2.05, 4.69) is 10.2 Å². The van der Waals surface area contributed by atoms with Crippen LogP contribution in [0.5, 0.6) is 0 Å². The molecule has 4 atom stereocenters. The van der Waals surface area contributed by atoms with E-state index >= 15 is 0 Å². The number of nitrogens with zero attached hydrogens (tertiary/aromatic N) is 2. The van der Waals surface area contributed by atoms with Crippen molar-refractivity contribution >= 4 is 11.6 Å². The Labute approximate surface area is 77.5 Å². The number of hydrogen-bond acceptors (Lipinski definition) is 3. The molecule has 0 aromatic heterocycles. The normalized spacial score (nSPS) is 54.2. The third-order valence-electron chi connectivity index (χ3n) is 3.04. The third kappa shape index (κ3) is 0.995. The van der Waals surface area contributed by atoms with Crippen LogP contribution in [0.2, 0.25) is 0 Å². The molecule has 1 heterocycles. The van der Waals surface area contributed by atoms with Crippen molar-refractivity contribution in [3.05, 3.63) is 0 Å². The Balaban J connectivity index is 1.71. The van der Waals surface area contributed by atoms with Gasteiger partial charge in [-0.3, -0.25) is 0 Å². The molecule has 0 radical (unpaired) electrons. The second kappa shape index (κ2) is 2.20. The van der Waals surface area contributed by atoms with Gasteiger partial charge in [-0.05, 0) is 49.1 Å². The lowest BCUT2D eigenvalue weighted by Gasteiger charge is -2.16. The minimum Gasteiger partial charge on any atom is -0.316 e. The molecule has 2 fully saturated rings. The fraction of sp³-hybridized carbons (Fsp3) is 1.00. The molecule has 3 unspecified atom stereocenters. The molecule has 4 heteroatoms. The summed E-state index contributed by atoms with van der Waals surface area (Å²) in [6, 6.07) is 0. The molecule has 12 heavy (non-hydrogen) atoms. The highest BCUT2D eigenvalue weighted by Gasteiger charge is 2.50. The molecule has 0 spiro atoms. The molecule has 0 saturated heterocycles. The van der Waals surface area contributed by atoms with Crippen LogP contribution in [0.25, 0.3) is 0 Å². The zero-order chi connectivity index (χ0) is 9.05. The highest BCUT2D eigenvalue weighted by Crippen LogP contribution is 2.50. The molecule has 3 aliphatic rings. The lowest BCUT2D eigenvalue weighted by atomic mass is 10.0. The van der Waals surface area contributed by atoms with E-state index in [1.807, 2.05) is 0 Å². The Bertz CT molecular complexity index is 267. The van der Waals surface area contributed by atoms with Gasteiger partial charge in [-0.1, -0.05) is 0 Å². The summed E-state index contributed by atoms with van der Waals surface area (Å²) in [4.78, 5) is 0. The summed E-state index contributed by atoms with van der Waals surface area (Å²) in [5, 5.41) is 6.19. The van der Waals surface area contributed by atoms with Crippen LogP contribution >= 0.6 is 11.6 Å². The Kier molecular flexibility index (Phi) is 1.16. The van der Waals surface area contributed by atoms with Gasteiger partial charge in [0.25, 0.3) is 0 Å². The fourth-order valence-electron chi connectivity index (χ4n) is 2.38. The standard InChI is InChI=1S/C8H11ClN2O/c9-8(10-11-8)12-7-5-1-2-6(7)4-3-5/h5-7H,1-4H2/i1D/t1-,5?,6?,7?/m0/s1. The SMILES string of the molecule is [2H][C@H]1CC2CCC1C2OC1(Cl)N=N1. The van der Waals surface area contributed by atoms with E-state index in [9.17, 15) is 0 Å². The van der Waals surface area contributed by atoms with Crippen LogP contribution in [0, 0.1) is 11.8 Å². The van der Waals surface area contributed by atoms with Crippen LogP contribution in [0.15, 0.2) is 10.2 Å². The summed E-state index contributed by atoms with van der Waals surface area (Å²) in [6.07, 6.45) is 3.42. The zero-order valence-electron chi connectivity index (χ0n) is 7.61. The van der Waals surface area contributed by atoms with Crippen LogP contribution in [0.3, 0.4) is 0 Å². The molecule has 66 valence electrons. The van der Waals surface area contributed by atoms with Crippen molar-refractivity contribution < 1.29 is 6.11 Å². The Morgan fingerprint density at radius 2 is 2.08 bits per heavy atom. The molecule has 0 N–H and O–H groups in total. The van der Waals surface area contributed by atoms with E-state index < -0.39 is 5.31 Å². The molecular formula is C8H11ClN2O. The topological polar surface area (TPSA) is 34.0 Å². The number of halogens is 1. The van der Waals surface area contributed by atoms with E-state index in [-0.39, 0.29) is 12.5 Å². The summed E-state index contributed by atoms with van der Waals surface area (Å²) in [6.45, 7) is 0. The van der Waals surface area contributed by atoms with Crippen molar-refractivity contribution in [1.29, 1.82) is 0 Å². The van der Waals surface area contributed by atoms with E-state index in [4.69, 9.17) is 17.7 Å². The highest BCUT2D eigenvalue weighted by molar-refractivity contribution is 6.23. The second-order valence-corrected chi connectivity index (χ2v) is 4.28. The van der Waals surface area contributed by atoms with Crippen molar-refractivity contribution in [3.8, 4) is 0 Å². The predicted molar refractivity (Wildman–Crippen MR) is 43.8 cm³/mol. The summed E-state index contributed by atoms with van der Waals surface area (Å²) in [5.41, 5.74) is 0. The Morgan fingerprint density at radius 3 is 2.58 bits per heavy atom. The predicted octanol–water partition coefficient (Wildman–Crippen LogP) is 2.51. The maximum atomic E-state index is 7.79. The van der Waals surface area contributed by atoms with Gasteiger partial charge in [0.1, 0.15) is 0 Å². The van der Waals surface area contributed by atoms with Gasteiger partial charge in [0.15, 0.2) is 0 Å². The first-order valence-corrected chi connectivity index (χ1v) is 4.79. The van der Waals surface area contributed by atoms with Gasteiger partial charge in [-0.25, -0.2) is 0 Å². The Morgan fingerprint density at radius 1 is 1.33 bits per heavy atom. The maximum Gasteiger partial charge on any atom is 0.375 e. The molecule has 3 nitrogen and oxygen atoms in total. The molecule has 1 aliphatic heterocycles. The van der Waals surface area contributed by atoms with Gasteiger partial charge in [0.05, 0.1) is 6.10 Å². The minimum absolute atomic E-state index is 0.0442. The van der Waals surface area contributed by atoms with E-state index in [1.54, 1.807) is 0 Å². The molecule has 2 aliphatic carbocycles. The van der Waals surface area contributed by atoms with E-state index in [1.165, 1.54) is 6.42 Å². The van der Waals surface area contributed by atoms with Crippen LogP contribution < -0.4 is 0 Å². The van der Waals surface area contributed by atoms with Gasteiger partial charge in [-0.15, -0.1) is 10.2 Å². The van der Waals surface area contributed by atoms with Crippen LogP contribution in [0.4, 0.5) is 0 Å². The molecule has 0 amide bonds. The van der Waals surface area contributed by atoms with Gasteiger partial charge >= 0.3 is 5.31 Å². The van der Waals surface area contributed by atoms with Crippen molar-refractivity contribution in [1.82, 2.24) is 0 Å². The molecule has 2 saturated carbocycles. The van der Waals surface area contributed by atoms with Crippen LogP contribution in [0.1, 0.15) is 27.0 Å². The first-order chi connectivity index (χ1) is 6.18. The minimum atomic E-state index is -1.06. The van der Waals surface area contributed by atoms with Crippen molar-refractivity contribution in [2.75, 3.05) is 0 Å². The average Bonchev–Trinajstić information content (AvgIpc) is 2.59. The largest absolute Gasteiger partial charge is 0.375 e. The monoisotopic (exact) mass is 187 g/mol. The first kappa shape index (κ1) is 6.33. The quantitative estimate of drug-likeness (QED) is 0.483. The van der Waals surface area contributed by atoms with Gasteiger partial charge in [0.2, 0.25) is 0 Å². The first-order valence-electron chi connectivity index (χ1n) is 4.99. The lowest BCUT2D eigenvalue weighted by Crippen LogP contribution is -2.24. The number of hydrogen-bond donors (Lipinski definition) is 0. The molecule has 3 rings (SSSR count). The maximum absolute atomic E-state index is 7.79. The molecule has 0 aromatic carbocycles. The van der Waals surface area contributed by atoms with Crippen molar-refractivity contribution in [2.45, 2.75) is 37.1 Å². The average molecular weight is 188 g/mol. The number of rotatable bonds is 2. The fourth-order valence-corrected chi connectivity index (χ4v) is 2.52. The van der Waals surface area contributed by atoms with Gasteiger partial charge in [0, 0.05) is 1.37 Å².